The van der Waals surface area contributed by atoms with Crippen LogP contribution in [0.2, 0.25) is 5.02 Å². The molecule has 0 spiro atoms. The molecule has 1 aromatic heterocycles. The van der Waals surface area contributed by atoms with E-state index in [0.717, 1.165) is 29.5 Å². The number of nitrogens with zero attached hydrogens (tertiary/aromatic N) is 1. The third-order valence-electron chi connectivity index (χ3n) is 2.51. The van der Waals surface area contributed by atoms with E-state index in [1.807, 2.05) is 0 Å². The Labute approximate surface area is 120 Å². The summed E-state index contributed by atoms with van der Waals surface area (Å²) in [7, 11) is 0. The molecule has 0 aliphatic rings. The van der Waals surface area contributed by atoms with Gasteiger partial charge >= 0.3 is 12.1 Å². The van der Waals surface area contributed by atoms with Gasteiger partial charge in [0.2, 0.25) is 0 Å². The zero-order valence-electron chi connectivity index (χ0n) is 9.95. The Morgan fingerprint density at radius 2 is 2.05 bits per heavy atom. The van der Waals surface area contributed by atoms with Gasteiger partial charge in [0.1, 0.15) is 9.88 Å². The fraction of sp³-hybridized carbons (Fsp3) is 0.167. The molecule has 1 heterocycles. The molecule has 2 aromatic rings. The van der Waals surface area contributed by atoms with Gasteiger partial charge in [0.05, 0.1) is 16.3 Å². The Bertz CT molecular complexity index is 682. The first-order chi connectivity index (χ1) is 9.20. The maximum atomic E-state index is 12.7. The van der Waals surface area contributed by atoms with Gasteiger partial charge in [-0.1, -0.05) is 11.6 Å². The van der Waals surface area contributed by atoms with Crippen LogP contribution in [0.5, 0.6) is 0 Å². The van der Waals surface area contributed by atoms with Crippen molar-refractivity contribution in [3.63, 3.8) is 0 Å². The Balaban J connectivity index is 2.57. The normalized spacial score (nSPS) is 11.7. The predicted molar refractivity (Wildman–Crippen MR) is 69.3 cm³/mol. The summed E-state index contributed by atoms with van der Waals surface area (Å²) >= 11 is 6.67. The number of rotatable bonds is 2. The van der Waals surface area contributed by atoms with Crippen LogP contribution < -0.4 is 0 Å². The fourth-order valence-corrected chi connectivity index (χ4v) is 2.77. The molecule has 0 saturated heterocycles. The van der Waals surface area contributed by atoms with Crippen molar-refractivity contribution in [3.8, 4) is 10.6 Å². The van der Waals surface area contributed by atoms with Crippen molar-refractivity contribution in [3.05, 3.63) is 39.4 Å². The molecule has 106 valence electrons. The van der Waals surface area contributed by atoms with Gasteiger partial charge in [-0.2, -0.15) is 13.2 Å². The Kier molecular flexibility index (Phi) is 3.75. The largest absolute Gasteiger partial charge is 0.477 e. The number of hydrogen-bond donors (Lipinski definition) is 1. The zero-order chi connectivity index (χ0) is 15.1. The lowest BCUT2D eigenvalue weighted by Crippen LogP contribution is -2.04. The summed E-state index contributed by atoms with van der Waals surface area (Å²) in [6.07, 6.45) is -4.50. The molecule has 0 aliphatic heterocycles. The summed E-state index contributed by atoms with van der Waals surface area (Å²) in [6.45, 7) is 1.48. The Hall–Kier alpha value is -1.60. The van der Waals surface area contributed by atoms with Gasteiger partial charge in [0.25, 0.3) is 0 Å². The highest BCUT2D eigenvalue weighted by Gasteiger charge is 2.31. The van der Waals surface area contributed by atoms with Crippen molar-refractivity contribution in [2.45, 2.75) is 13.1 Å². The molecule has 1 N–H and O–H groups in total. The van der Waals surface area contributed by atoms with E-state index in [2.05, 4.69) is 4.98 Å². The number of benzene rings is 1. The first kappa shape index (κ1) is 14.8. The summed E-state index contributed by atoms with van der Waals surface area (Å²) in [6, 6.07) is 2.85. The fourth-order valence-electron chi connectivity index (χ4n) is 1.58. The van der Waals surface area contributed by atoms with Crippen molar-refractivity contribution in [2.24, 2.45) is 0 Å². The first-order valence-corrected chi connectivity index (χ1v) is 6.47. The number of thiazole rings is 1. The summed E-state index contributed by atoms with van der Waals surface area (Å²) in [4.78, 5) is 14.9. The molecule has 8 heteroatoms. The van der Waals surface area contributed by atoms with E-state index in [0.29, 0.717) is 0 Å². The van der Waals surface area contributed by atoms with Gasteiger partial charge < -0.3 is 5.11 Å². The van der Waals surface area contributed by atoms with Gasteiger partial charge in [-0.3, -0.25) is 0 Å². The molecule has 3 nitrogen and oxygen atoms in total. The lowest BCUT2D eigenvalue weighted by Gasteiger charge is -2.08. The minimum Gasteiger partial charge on any atom is -0.477 e. The van der Waals surface area contributed by atoms with Crippen molar-refractivity contribution >= 4 is 28.9 Å². The highest BCUT2D eigenvalue weighted by molar-refractivity contribution is 7.17. The number of alkyl halides is 3. The minimum atomic E-state index is -4.50. The van der Waals surface area contributed by atoms with Crippen LogP contribution in [0.1, 0.15) is 20.9 Å². The molecular formula is C12H7ClF3NO2S. The summed E-state index contributed by atoms with van der Waals surface area (Å²) in [5, 5.41) is 9.17. The number of carboxylic acid groups (broad SMARTS) is 1. The van der Waals surface area contributed by atoms with E-state index in [-0.39, 0.29) is 26.2 Å². The maximum Gasteiger partial charge on any atom is 0.416 e. The van der Waals surface area contributed by atoms with Crippen LogP contribution in [0.15, 0.2) is 18.2 Å². The lowest BCUT2D eigenvalue weighted by atomic mass is 10.1. The van der Waals surface area contributed by atoms with E-state index in [1.165, 1.54) is 6.92 Å². The molecule has 2 rings (SSSR count). The number of carbonyl (C=O) groups is 1. The number of hydrogen-bond acceptors (Lipinski definition) is 3. The van der Waals surface area contributed by atoms with E-state index >= 15 is 0 Å². The molecule has 1 aromatic carbocycles. The summed E-state index contributed by atoms with van der Waals surface area (Å²) in [5.74, 6) is -1.17. The standard InChI is InChI=1S/C12H7ClF3NO2S/c1-5-9(11(18)19)20-10(17-5)7-4-6(12(14,15)16)2-3-8(7)13/h2-4H,1H3,(H,18,19). The molecule has 0 radical (unpaired) electrons. The van der Waals surface area contributed by atoms with E-state index in [1.54, 1.807) is 0 Å². The van der Waals surface area contributed by atoms with E-state index in [9.17, 15) is 18.0 Å². The van der Waals surface area contributed by atoms with Crippen molar-refractivity contribution in [1.82, 2.24) is 4.98 Å². The third-order valence-corrected chi connectivity index (χ3v) is 4.02. The average Bonchev–Trinajstić information content (AvgIpc) is 2.70. The molecule has 0 saturated carbocycles. The van der Waals surface area contributed by atoms with Crippen LogP contribution >= 0.6 is 22.9 Å². The van der Waals surface area contributed by atoms with Gasteiger partial charge in [-0.05, 0) is 25.1 Å². The van der Waals surface area contributed by atoms with E-state index in [4.69, 9.17) is 16.7 Å². The number of carboxylic acids is 1. The number of halogens is 4. The summed E-state index contributed by atoms with van der Waals surface area (Å²) < 4.78 is 38.0. The Morgan fingerprint density at radius 1 is 1.40 bits per heavy atom. The average molecular weight is 322 g/mol. The monoisotopic (exact) mass is 321 g/mol. The molecule has 20 heavy (non-hydrogen) atoms. The molecule has 0 aliphatic carbocycles. The van der Waals surface area contributed by atoms with Gasteiger partial charge in [-0.25, -0.2) is 9.78 Å². The Morgan fingerprint density at radius 3 is 2.55 bits per heavy atom. The molecule has 0 unspecified atom stereocenters. The van der Waals surface area contributed by atoms with Crippen LogP contribution in [0.3, 0.4) is 0 Å². The molecule has 0 bridgehead atoms. The molecule has 0 fully saturated rings. The predicted octanol–water partition coefficient (Wildman–Crippen LogP) is 4.49. The molecule has 0 atom stereocenters. The highest BCUT2D eigenvalue weighted by atomic mass is 35.5. The second kappa shape index (κ2) is 5.06. The zero-order valence-corrected chi connectivity index (χ0v) is 11.5. The lowest BCUT2D eigenvalue weighted by molar-refractivity contribution is -0.137. The van der Waals surface area contributed by atoms with Gasteiger partial charge in [0.15, 0.2) is 0 Å². The molecule has 0 amide bonds. The second-order valence-corrected chi connectivity index (χ2v) is 5.34. The summed E-state index contributed by atoms with van der Waals surface area (Å²) in [5.41, 5.74) is -0.547. The minimum absolute atomic E-state index is 0.0199. The van der Waals surface area contributed by atoms with Gasteiger partial charge in [0, 0.05) is 5.56 Å². The number of aromatic nitrogens is 1. The van der Waals surface area contributed by atoms with Crippen molar-refractivity contribution in [2.75, 3.05) is 0 Å². The maximum absolute atomic E-state index is 12.7. The highest BCUT2D eigenvalue weighted by Crippen LogP contribution is 2.37. The van der Waals surface area contributed by atoms with Crippen LogP contribution in [-0.4, -0.2) is 16.1 Å². The van der Waals surface area contributed by atoms with Crippen LogP contribution in [0.25, 0.3) is 10.6 Å². The second-order valence-electron chi connectivity index (χ2n) is 3.93. The van der Waals surface area contributed by atoms with Crippen LogP contribution in [0, 0.1) is 6.92 Å². The smallest absolute Gasteiger partial charge is 0.416 e. The van der Waals surface area contributed by atoms with Gasteiger partial charge in [-0.15, -0.1) is 11.3 Å². The molecular weight excluding hydrogens is 315 g/mol. The third kappa shape index (κ3) is 2.78. The van der Waals surface area contributed by atoms with Crippen molar-refractivity contribution in [1.29, 1.82) is 0 Å². The van der Waals surface area contributed by atoms with Crippen LogP contribution in [-0.2, 0) is 6.18 Å². The van der Waals surface area contributed by atoms with Crippen molar-refractivity contribution < 1.29 is 23.1 Å². The quantitative estimate of drug-likeness (QED) is 0.886. The number of aromatic carboxylic acids is 1. The topological polar surface area (TPSA) is 50.2 Å². The van der Waals surface area contributed by atoms with E-state index < -0.39 is 17.7 Å². The number of aryl methyl sites for hydroxylation is 1. The first-order valence-electron chi connectivity index (χ1n) is 5.28. The van der Waals surface area contributed by atoms with Crippen LogP contribution in [0.4, 0.5) is 13.2 Å². The SMILES string of the molecule is Cc1nc(-c2cc(C(F)(F)F)ccc2Cl)sc1C(=O)O.